The van der Waals surface area contributed by atoms with Crippen molar-refractivity contribution in [1.29, 1.82) is 0 Å². The molecule has 0 saturated carbocycles. The third-order valence-electron chi connectivity index (χ3n) is 3.36. The number of benzene rings is 1. The molecule has 1 aliphatic heterocycles. The van der Waals surface area contributed by atoms with Crippen LogP contribution in [-0.4, -0.2) is 42.7 Å². The van der Waals surface area contributed by atoms with E-state index >= 15 is 0 Å². The highest BCUT2D eigenvalue weighted by atomic mass is 16.5. The van der Waals surface area contributed by atoms with Gasteiger partial charge in [-0.15, -0.1) is 0 Å². The number of carbonyl (C=O) groups excluding carboxylic acids is 1. The zero-order valence-electron chi connectivity index (χ0n) is 12.5. The van der Waals surface area contributed by atoms with Crippen molar-refractivity contribution >= 4 is 5.91 Å². The lowest BCUT2D eigenvalue weighted by atomic mass is 10.1. The lowest BCUT2D eigenvalue weighted by Gasteiger charge is -2.35. The average Bonchev–Trinajstić information content (AvgIpc) is 2.40. The van der Waals surface area contributed by atoms with Gasteiger partial charge in [0.25, 0.3) is 0 Å². The van der Waals surface area contributed by atoms with E-state index in [2.05, 4.69) is 0 Å². The average molecular weight is 277 g/mol. The molecule has 4 heteroatoms. The molecule has 2 atom stereocenters. The number of rotatable bonds is 4. The lowest BCUT2D eigenvalue weighted by molar-refractivity contribution is -0.142. The summed E-state index contributed by atoms with van der Waals surface area (Å²) in [6.45, 7) is 7.99. The smallest absolute Gasteiger partial charge is 0.227 e. The molecule has 2 rings (SSSR count). The van der Waals surface area contributed by atoms with Crippen molar-refractivity contribution in [2.24, 2.45) is 0 Å². The van der Waals surface area contributed by atoms with Gasteiger partial charge in [-0.1, -0.05) is 12.1 Å². The molecular weight excluding hydrogens is 254 g/mol. The summed E-state index contributed by atoms with van der Waals surface area (Å²) in [4.78, 5) is 14.2. The van der Waals surface area contributed by atoms with Gasteiger partial charge in [0, 0.05) is 13.1 Å². The van der Waals surface area contributed by atoms with Gasteiger partial charge in [-0.3, -0.25) is 4.79 Å². The second-order valence-electron chi connectivity index (χ2n) is 5.31. The summed E-state index contributed by atoms with van der Waals surface area (Å²) in [5, 5.41) is 0. The molecule has 1 aromatic rings. The maximum absolute atomic E-state index is 12.3. The van der Waals surface area contributed by atoms with Crippen LogP contribution >= 0.6 is 0 Å². The Kier molecular flexibility index (Phi) is 5.01. The number of morpholine rings is 1. The first-order chi connectivity index (χ1) is 9.58. The van der Waals surface area contributed by atoms with Crippen LogP contribution in [0.3, 0.4) is 0 Å². The zero-order valence-corrected chi connectivity index (χ0v) is 12.5. The molecule has 1 heterocycles. The molecule has 20 heavy (non-hydrogen) atoms. The minimum absolute atomic E-state index is 0.114. The fourth-order valence-electron chi connectivity index (χ4n) is 2.54. The fourth-order valence-corrected chi connectivity index (χ4v) is 2.54. The quantitative estimate of drug-likeness (QED) is 0.847. The predicted molar refractivity (Wildman–Crippen MR) is 77.9 cm³/mol. The number of carbonyl (C=O) groups is 1. The first-order valence-electron chi connectivity index (χ1n) is 7.23. The SMILES string of the molecule is CCOc1ccc(CC(=O)N2C[C@H](C)O[C@@H](C)C2)cc1. The van der Waals surface area contributed by atoms with Crippen LogP contribution in [0.25, 0.3) is 0 Å². The molecule has 1 fully saturated rings. The van der Waals surface area contributed by atoms with Crippen molar-refractivity contribution < 1.29 is 14.3 Å². The molecule has 1 amide bonds. The van der Waals surface area contributed by atoms with E-state index in [-0.39, 0.29) is 18.1 Å². The highest BCUT2D eigenvalue weighted by molar-refractivity contribution is 5.79. The largest absolute Gasteiger partial charge is 0.494 e. The van der Waals surface area contributed by atoms with Crippen LogP contribution in [0.2, 0.25) is 0 Å². The van der Waals surface area contributed by atoms with Crippen LogP contribution in [0.5, 0.6) is 5.75 Å². The first-order valence-corrected chi connectivity index (χ1v) is 7.23. The van der Waals surface area contributed by atoms with Crippen molar-refractivity contribution in [2.45, 2.75) is 39.4 Å². The molecule has 1 saturated heterocycles. The molecule has 0 N–H and O–H groups in total. The first kappa shape index (κ1) is 14.9. The van der Waals surface area contributed by atoms with Crippen molar-refractivity contribution in [3.63, 3.8) is 0 Å². The van der Waals surface area contributed by atoms with Gasteiger partial charge in [-0.2, -0.15) is 0 Å². The maximum Gasteiger partial charge on any atom is 0.227 e. The van der Waals surface area contributed by atoms with Crippen LogP contribution in [-0.2, 0) is 16.0 Å². The summed E-state index contributed by atoms with van der Waals surface area (Å²) < 4.78 is 11.0. The van der Waals surface area contributed by atoms with Gasteiger partial charge < -0.3 is 14.4 Å². The van der Waals surface area contributed by atoms with Crippen molar-refractivity contribution in [3.05, 3.63) is 29.8 Å². The van der Waals surface area contributed by atoms with Crippen LogP contribution in [0.4, 0.5) is 0 Å². The Balaban J connectivity index is 1.93. The van der Waals surface area contributed by atoms with E-state index in [4.69, 9.17) is 9.47 Å². The Bertz CT molecular complexity index is 434. The molecule has 1 aliphatic rings. The van der Waals surface area contributed by atoms with Gasteiger partial charge in [-0.05, 0) is 38.5 Å². The summed E-state index contributed by atoms with van der Waals surface area (Å²) in [5.74, 6) is 1.01. The zero-order chi connectivity index (χ0) is 14.5. The number of ether oxygens (including phenoxy) is 2. The number of hydrogen-bond donors (Lipinski definition) is 0. The molecule has 0 spiro atoms. The Morgan fingerprint density at radius 1 is 1.25 bits per heavy atom. The van der Waals surface area contributed by atoms with Crippen LogP contribution in [0, 0.1) is 0 Å². The molecule has 0 unspecified atom stereocenters. The third kappa shape index (κ3) is 3.97. The van der Waals surface area contributed by atoms with Crippen molar-refractivity contribution in [2.75, 3.05) is 19.7 Å². The highest BCUT2D eigenvalue weighted by Crippen LogP contribution is 2.15. The fraction of sp³-hybridized carbons (Fsp3) is 0.562. The summed E-state index contributed by atoms with van der Waals surface area (Å²) in [6, 6.07) is 7.74. The van der Waals surface area contributed by atoms with Crippen LogP contribution < -0.4 is 4.74 Å². The molecule has 4 nitrogen and oxygen atoms in total. The monoisotopic (exact) mass is 277 g/mol. The Morgan fingerprint density at radius 2 is 1.85 bits per heavy atom. The molecular formula is C16H23NO3. The Labute approximate surface area is 120 Å². The summed E-state index contributed by atoms with van der Waals surface area (Å²) >= 11 is 0. The van der Waals surface area contributed by atoms with E-state index in [1.807, 2.05) is 49.9 Å². The van der Waals surface area contributed by atoms with E-state index < -0.39 is 0 Å². The topological polar surface area (TPSA) is 38.8 Å². The van der Waals surface area contributed by atoms with E-state index in [1.54, 1.807) is 0 Å². The van der Waals surface area contributed by atoms with E-state index in [1.165, 1.54) is 0 Å². The summed E-state index contributed by atoms with van der Waals surface area (Å²) in [5.41, 5.74) is 1.02. The lowest BCUT2D eigenvalue weighted by Crippen LogP contribution is -2.48. The second-order valence-corrected chi connectivity index (χ2v) is 5.31. The highest BCUT2D eigenvalue weighted by Gasteiger charge is 2.25. The molecule has 0 bridgehead atoms. The summed E-state index contributed by atoms with van der Waals surface area (Å²) in [6.07, 6.45) is 0.664. The van der Waals surface area contributed by atoms with Gasteiger partial charge >= 0.3 is 0 Å². The Morgan fingerprint density at radius 3 is 2.40 bits per heavy atom. The van der Waals surface area contributed by atoms with E-state index in [0.29, 0.717) is 26.1 Å². The number of nitrogens with zero attached hydrogens (tertiary/aromatic N) is 1. The molecule has 0 aliphatic carbocycles. The molecule has 110 valence electrons. The van der Waals surface area contributed by atoms with Gasteiger partial charge in [-0.25, -0.2) is 0 Å². The van der Waals surface area contributed by atoms with Crippen molar-refractivity contribution in [3.8, 4) is 5.75 Å². The third-order valence-corrected chi connectivity index (χ3v) is 3.36. The minimum atomic E-state index is 0.114. The minimum Gasteiger partial charge on any atom is -0.494 e. The number of hydrogen-bond acceptors (Lipinski definition) is 3. The molecule has 1 aromatic carbocycles. The Hall–Kier alpha value is -1.55. The van der Waals surface area contributed by atoms with E-state index in [0.717, 1.165) is 11.3 Å². The van der Waals surface area contributed by atoms with Gasteiger partial charge in [0.1, 0.15) is 5.75 Å². The standard InChI is InChI=1S/C16H23NO3/c1-4-19-15-7-5-14(6-8-15)9-16(18)17-10-12(2)20-13(3)11-17/h5-8,12-13H,4,9-11H2,1-3H3/t12-,13-/m0/s1. The van der Waals surface area contributed by atoms with E-state index in [9.17, 15) is 4.79 Å². The van der Waals surface area contributed by atoms with Gasteiger partial charge in [0.15, 0.2) is 0 Å². The van der Waals surface area contributed by atoms with Crippen molar-refractivity contribution in [1.82, 2.24) is 4.90 Å². The number of amides is 1. The predicted octanol–water partition coefficient (Wildman–Crippen LogP) is 2.26. The summed E-state index contributed by atoms with van der Waals surface area (Å²) in [7, 11) is 0. The second kappa shape index (κ2) is 6.75. The molecule has 0 aromatic heterocycles. The molecule has 0 radical (unpaired) electrons. The maximum atomic E-state index is 12.3. The van der Waals surface area contributed by atoms with Gasteiger partial charge in [0.05, 0.1) is 25.2 Å². The van der Waals surface area contributed by atoms with Gasteiger partial charge in [0.2, 0.25) is 5.91 Å². The van der Waals surface area contributed by atoms with Crippen LogP contribution in [0.15, 0.2) is 24.3 Å². The van der Waals surface area contributed by atoms with Crippen LogP contribution in [0.1, 0.15) is 26.3 Å². The normalized spacial score (nSPS) is 22.6.